The molecule has 0 saturated carbocycles. The molecule has 0 spiro atoms. The molecule has 0 amide bonds. The average Bonchev–Trinajstić information content (AvgIpc) is 2.95. The van der Waals surface area contributed by atoms with Crippen LogP contribution in [0.5, 0.6) is 5.75 Å². The Bertz CT molecular complexity index is 611. The van der Waals surface area contributed by atoms with Crippen molar-refractivity contribution in [3.05, 3.63) is 48.0 Å². The van der Waals surface area contributed by atoms with E-state index in [0.717, 1.165) is 17.3 Å². The van der Waals surface area contributed by atoms with E-state index in [-0.39, 0.29) is 0 Å². The number of fused-ring (bicyclic) bond motifs is 1. The Kier molecular flexibility index (Phi) is 2.70. The molecule has 0 bridgehead atoms. The van der Waals surface area contributed by atoms with Crippen molar-refractivity contribution in [2.45, 2.75) is 13.2 Å². The van der Waals surface area contributed by atoms with E-state index in [1.807, 2.05) is 36.5 Å². The molecule has 0 aliphatic carbocycles. The molecule has 0 aliphatic rings. The number of para-hydroxylation sites is 1. The number of benzene rings is 1. The molecule has 0 aliphatic heterocycles. The van der Waals surface area contributed by atoms with Gasteiger partial charge < -0.3 is 10.5 Å². The number of hydrogen-bond acceptors (Lipinski definition) is 4. The summed E-state index contributed by atoms with van der Waals surface area (Å²) in [5, 5.41) is 3.08. The number of nitrogens with one attached hydrogen (secondary N) is 1. The van der Waals surface area contributed by atoms with E-state index in [0.29, 0.717) is 18.9 Å². The fourth-order valence-corrected chi connectivity index (χ4v) is 1.70. The maximum atomic E-state index is 5.59. The largest absolute Gasteiger partial charge is 0.486 e. The summed E-state index contributed by atoms with van der Waals surface area (Å²) in [5.41, 5.74) is 6.31. The van der Waals surface area contributed by atoms with Crippen LogP contribution >= 0.6 is 0 Å². The number of rotatable bonds is 4. The normalized spacial score (nSPS) is 10.9. The highest BCUT2D eigenvalue weighted by Gasteiger charge is 2.06. The Morgan fingerprint density at radius 3 is 2.78 bits per heavy atom. The van der Waals surface area contributed by atoms with E-state index < -0.39 is 0 Å². The van der Waals surface area contributed by atoms with Gasteiger partial charge in [0.15, 0.2) is 5.82 Å². The Labute approximate surface area is 103 Å². The van der Waals surface area contributed by atoms with Crippen LogP contribution in [0.25, 0.3) is 5.78 Å². The number of nitrogens with two attached hydrogens (primary N) is 1. The van der Waals surface area contributed by atoms with E-state index in [9.17, 15) is 0 Å². The molecule has 2 aromatic heterocycles. The van der Waals surface area contributed by atoms with Crippen LogP contribution in [0.1, 0.15) is 11.5 Å². The van der Waals surface area contributed by atoms with Crippen LogP contribution in [0.2, 0.25) is 0 Å². The zero-order valence-corrected chi connectivity index (χ0v) is 9.71. The van der Waals surface area contributed by atoms with E-state index in [1.54, 1.807) is 4.52 Å². The molecule has 0 saturated heterocycles. The second-order valence-corrected chi connectivity index (χ2v) is 3.88. The van der Waals surface area contributed by atoms with Gasteiger partial charge in [-0.05, 0) is 12.1 Å². The molecule has 18 heavy (non-hydrogen) atoms. The third-order valence-corrected chi connectivity index (χ3v) is 2.55. The first-order valence-corrected chi connectivity index (χ1v) is 5.66. The van der Waals surface area contributed by atoms with Crippen LogP contribution in [0.15, 0.2) is 36.5 Å². The first-order chi connectivity index (χ1) is 8.85. The smallest absolute Gasteiger partial charge is 0.251 e. The summed E-state index contributed by atoms with van der Waals surface area (Å²) in [4.78, 5) is 8.56. The van der Waals surface area contributed by atoms with Gasteiger partial charge in [0.05, 0.1) is 11.9 Å². The molecular formula is C12H13N5O. The van der Waals surface area contributed by atoms with Crippen LogP contribution in [-0.2, 0) is 13.2 Å². The molecule has 3 aromatic rings. The molecule has 0 atom stereocenters. The van der Waals surface area contributed by atoms with Crippen molar-refractivity contribution in [3.8, 4) is 5.75 Å². The lowest BCUT2D eigenvalue weighted by atomic mass is 10.3. The third-order valence-electron chi connectivity index (χ3n) is 2.55. The van der Waals surface area contributed by atoms with Crippen molar-refractivity contribution in [1.82, 2.24) is 19.6 Å². The average molecular weight is 243 g/mol. The molecule has 0 unspecified atom stereocenters. The number of nitrogens with zero attached hydrogens (tertiary/aromatic N) is 3. The molecule has 0 radical (unpaired) electrons. The molecule has 2 heterocycles. The molecule has 3 N–H and O–H groups in total. The summed E-state index contributed by atoms with van der Waals surface area (Å²) >= 11 is 0. The minimum absolute atomic E-state index is 0.380. The van der Waals surface area contributed by atoms with Crippen molar-refractivity contribution >= 4 is 5.78 Å². The summed E-state index contributed by atoms with van der Waals surface area (Å²) in [7, 11) is 0. The Morgan fingerprint density at radius 1 is 1.22 bits per heavy atom. The lowest BCUT2D eigenvalue weighted by Gasteiger charge is -2.02. The molecule has 3 rings (SSSR count). The Hall–Kier alpha value is -2.34. The number of imidazole rings is 1. The van der Waals surface area contributed by atoms with Crippen molar-refractivity contribution in [1.29, 1.82) is 0 Å². The Morgan fingerprint density at radius 2 is 2.06 bits per heavy atom. The van der Waals surface area contributed by atoms with Gasteiger partial charge in [-0.2, -0.15) is 4.98 Å². The zero-order chi connectivity index (χ0) is 12.4. The van der Waals surface area contributed by atoms with Crippen molar-refractivity contribution in [2.24, 2.45) is 5.73 Å². The summed E-state index contributed by atoms with van der Waals surface area (Å²) < 4.78 is 7.33. The quantitative estimate of drug-likeness (QED) is 0.718. The van der Waals surface area contributed by atoms with Crippen LogP contribution in [0.4, 0.5) is 0 Å². The van der Waals surface area contributed by atoms with E-state index in [4.69, 9.17) is 10.5 Å². The molecule has 6 heteroatoms. The first kappa shape index (κ1) is 10.8. The van der Waals surface area contributed by atoms with E-state index in [2.05, 4.69) is 15.1 Å². The highest BCUT2D eigenvalue weighted by Crippen LogP contribution is 2.10. The van der Waals surface area contributed by atoms with Crippen LogP contribution in [-0.4, -0.2) is 19.6 Å². The van der Waals surface area contributed by atoms with Gasteiger partial charge in [-0.3, -0.25) is 5.10 Å². The molecule has 1 aromatic carbocycles. The maximum absolute atomic E-state index is 5.59. The van der Waals surface area contributed by atoms with Crippen molar-refractivity contribution in [2.75, 3.05) is 0 Å². The molecule has 92 valence electrons. The summed E-state index contributed by atoms with van der Waals surface area (Å²) in [5.74, 6) is 2.15. The lowest BCUT2D eigenvalue weighted by molar-refractivity contribution is 0.296. The number of aromatic nitrogens is 4. The van der Waals surface area contributed by atoms with E-state index in [1.165, 1.54) is 0 Å². The predicted octanol–water partition coefficient (Wildman–Crippen LogP) is 1.10. The maximum Gasteiger partial charge on any atom is 0.251 e. The molecule has 0 fully saturated rings. The minimum Gasteiger partial charge on any atom is -0.486 e. The third kappa shape index (κ3) is 2.05. The van der Waals surface area contributed by atoms with Crippen molar-refractivity contribution < 1.29 is 4.74 Å². The molecular weight excluding hydrogens is 230 g/mol. The van der Waals surface area contributed by atoms with Gasteiger partial charge in [0.2, 0.25) is 0 Å². The van der Waals surface area contributed by atoms with Gasteiger partial charge in [-0.15, -0.1) is 0 Å². The van der Waals surface area contributed by atoms with Gasteiger partial charge in [0.1, 0.15) is 12.4 Å². The highest BCUT2D eigenvalue weighted by molar-refractivity contribution is 5.29. The molecule has 6 nitrogen and oxygen atoms in total. The topological polar surface area (TPSA) is 81.2 Å². The highest BCUT2D eigenvalue weighted by atomic mass is 16.5. The first-order valence-electron chi connectivity index (χ1n) is 5.66. The summed E-state index contributed by atoms with van der Waals surface area (Å²) in [6.45, 7) is 0.790. The number of ether oxygens (including phenoxy) is 1. The second-order valence-electron chi connectivity index (χ2n) is 3.88. The van der Waals surface area contributed by atoms with Crippen LogP contribution in [0, 0.1) is 0 Å². The predicted molar refractivity (Wildman–Crippen MR) is 66.0 cm³/mol. The lowest BCUT2D eigenvalue weighted by Crippen LogP contribution is -1.99. The van der Waals surface area contributed by atoms with Gasteiger partial charge in [-0.25, -0.2) is 9.50 Å². The number of hydrogen-bond donors (Lipinski definition) is 2. The van der Waals surface area contributed by atoms with Gasteiger partial charge in [0, 0.05) is 6.54 Å². The van der Waals surface area contributed by atoms with Gasteiger partial charge in [0.25, 0.3) is 5.78 Å². The van der Waals surface area contributed by atoms with Crippen molar-refractivity contribution in [3.63, 3.8) is 0 Å². The Balaban J connectivity index is 1.73. The van der Waals surface area contributed by atoms with Crippen LogP contribution < -0.4 is 10.5 Å². The second kappa shape index (κ2) is 4.50. The standard InChI is InChI=1S/C12H13N5O/c13-6-9-7-17-12(14-9)15-11(16-17)8-18-10-4-2-1-3-5-10/h1-5,7H,6,8,13H2,(H,14,15,16). The fourth-order valence-electron chi connectivity index (χ4n) is 1.70. The summed E-state index contributed by atoms with van der Waals surface area (Å²) in [6, 6.07) is 9.61. The van der Waals surface area contributed by atoms with Gasteiger partial charge >= 0.3 is 0 Å². The number of aromatic amines is 1. The van der Waals surface area contributed by atoms with Crippen LogP contribution in [0.3, 0.4) is 0 Å². The number of H-pyrrole nitrogens is 1. The van der Waals surface area contributed by atoms with E-state index >= 15 is 0 Å². The SMILES string of the molecule is NCc1cn2[nH]c(COc3ccccc3)nc2n1. The summed E-state index contributed by atoms with van der Waals surface area (Å²) in [6.07, 6.45) is 1.83. The van der Waals surface area contributed by atoms with Gasteiger partial charge in [-0.1, -0.05) is 18.2 Å². The minimum atomic E-state index is 0.380. The fraction of sp³-hybridized carbons (Fsp3) is 0.167. The zero-order valence-electron chi connectivity index (χ0n) is 9.71. The monoisotopic (exact) mass is 243 g/mol.